The second-order valence-electron chi connectivity index (χ2n) is 9.34. The van der Waals surface area contributed by atoms with E-state index in [0.29, 0.717) is 19.4 Å². The Morgan fingerprint density at radius 2 is 1.50 bits per heavy atom. The molecule has 10 heteroatoms. The van der Waals surface area contributed by atoms with Gasteiger partial charge in [-0.1, -0.05) is 92.0 Å². The first-order valence-electron chi connectivity index (χ1n) is 13.3. The van der Waals surface area contributed by atoms with Crippen LogP contribution < -0.4 is 9.62 Å². The molecule has 0 aliphatic heterocycles. The quantitative estimate of drug-likeness (QED) is 0.230. The fourth-order valence-electron chi connectivity index (χ4n) is 4.33. The second-order valence-corrected chi connectivity index (χ2v) is 12.1. The van der Waals surface area contributed by atoms with Crippen molar-refractivity contribution in [2.24, 2.45) is 0 Å². The number of carbonyl (C=O) groups excluding carboxylic acids is 2. The van der Waals surface area contributed by atoms with Crippen molar-refractivity contribution < 1.29 is 18.0 Å². The molecule has 0 aromatic heterocycles. The summed E-state index contributed by atoms with van der Waals surface area (Å²) in [5, 5.41) is 3.38. The molecular weight excluding hydrogens is 569 g/mol. The largest absolute Gasteiger partial charge is 0.354 e. The van der Waals surface area contributed by atoms with E-state index < -0.39 is 28.5 Å². The van der Waals surface area contributed by atoms with Crippen molar-refractivity contribution in [3.05, 3.63) is 94.5 Å². The molecule has 0 saturated heterocycles. The minimum Gasteiger partial charge on any atom is -0.354 e. The highest BCUT2D eigenvalue weighted by molar-refractivity contribution is 7.92. The maximum atomic E-state index is 14.0. The second kappa shape index (κ2) is 15.1. The Morgan fingerprint density at radius 3 is 2.08 bits per heavy atom. The minimum absolute atomic E-state index is 0.0130. The summed E-state index contributed by atoms with van der Waals surface area (Å²) in [7, 11) is -4.19. The lowest BCUT2D eigenvalue weighted by atomic mass is 10.1. The van der Waals surface area contributed by atoms with Crippen molar-refractivity contribution in [2.75, 3.05) is 23.9 Å². The molecule has 3 aromatic carbocycles. The third-order valence-electron chi connectivity index (χ3n) is 6.45. The summed E-state index contributed by atoms with van der Waals surface area (Å²) >= 11 is 12.5. The van der Waals surface area contributed by atoms with Crippen molar-refractivity contribution in [3.63, 3.8) is 0 Å². The van der Waals surface area contributed by atoms with Crippen LogP contribution in [0.1, 0.15) is 38.7 Å². The van der Waals surface area contributed by atoms with E-state index in [-0.39, 0.29) is 33.1 Å². The molecule has 1 atom stereocenters. The molecule has 0 aliphatic rings. The summed E-state index contributed by atoms with van der Waals surface area (Å²) in [5.41, 5.74) is 1.15. The van der Waals surface area contributed by atoms with Gasteiger partial charge in [0.2, 0.25) is 11.8 Å². The Hall–Kier alpha value is -3.07. The van der Waals surface area contributed by atoms with Gasteiger partial charge in [-0.05, 0) is 55.2 Å². The van der Waals surface area contributed by atoms with Crippen LogP contribution in [0.2, 0.25) is 10.0 Å². The predicted octanol–water partition coefficient (Wildman–Crippen LogP) is 5.95. The molecule has 0 saturated carbocycles. The van der Waals surface area contributed by atoms with Gasteiger partial charge in [-0.25, -0.2) is 8.42 Å². The Bertz CT molecular complexity index is 1350. The van der Waals surface area contributed by atoms with Gasteiger partial charge in [0.15, 0.2) is 0 Å². The molecule has 3 rings (SSSR count). The summed E-state index contributed by atoms with van der Waals surface area (Å²) in [6, 6.07) is 21.1. The van der Waals surface area contributed by atoms with Gasteiger partial charge >= 0.3 is 0 Å². The molecule has 40 heavy (non-hydrogen) atoms. The lowest BCUT2D eigenvalue weighted by Crippen LogP contribution is -2.53. The Morgan fingerprint density at radius 1 is 0.900 bits per heavy atom. The van der Waals surface area contributed by atoms with Crippen LogP contribution in [0.4, 0.5) is 5.69 Å². The molecule has 0 bridgehead atoms. The zero-order valence-corrected chi connectivity index (χ0v) is 25.1. The lowest BCUT2D eigenvalue weighted by Gasteiger charge is -2.33. The van der Waals surface area contributed by atoms with Crippen LogP contribution in [0.3, 0.4) is 0 Å². The zero-order valence-electron chi connectivity index (χ0n) is 22.7. The van der Waals surface area contributed by atoms with E-state index >= 15 is 0 Å². The number of nitrogens with one attached hydrogen (secondary N) is 1. The molecular formula is C30H35Cl2N3O4S. The SMILES string of the molecule is CCCCNC(=O)[C@@H](CC)N(CCc1ccccc1)C(=O)CN(c1cc(Cl)cc(Cl)c1)S(=O)(=O)c1ccccc1. The molecule has 7 nitrogen and oxygen atoms in total. The molecule has 0 radical (unpaired) electrons. The number of unbranched alkanes of at least 4 members (excludes halogenated alkanes) is 1. The average Bonchev–Trinajstić information content (AvgIpc) is 2.94. The number of amides is 2. The van der Waals surface area contributed by atoms with E-state index in [1.807, 2.05) is 44.2 Å². The molecule has 0 aliphatic carbocycles. The first kappa shape index (κ1) is 31.5. The van der Waals surface area contributed by atoms with Gasteiger partial charge in [0.1, 0.15) is 12.6 Å². The lowest BCUT2D eigenvalue weighted by molar-refractivity contribution is -0.139. The zero-order chi connectivity index (χ0) is 29.1. The standard InChI is InChI=1S/C30H35Cl2N3O4S/c1-3-5-17-33-30(37)28(4-2)34(18-16-23-12-8-6-9-13-23)29(36)22-35(26-20-24(31)19-25(32)21-26)40(38,39)27-14-10-7-11-15-27/h6-15,19-21,28H,3-5,16-18,22H2,1-2H3,(H,33,37)/t28-/m1/s1. The summed E-state index contributed by atoms with van der Waals surface area (Å²) in [6.45, 7) is 4.06. The van der Waals surface area contributed by atoms with Crippen molar-refractivity contribution in [1.29, 1.82) is 0 Å². The fourth-order valence-corrected chi connectivity index (χ4v) is 6.27. The first-order valence-corrected chi connectivity index (χ1v) is 15.5. The number of nitrogens with zero attached hydrogens (tertiary/aromatic N) is 2. The molecule has 0 spiro atoms. The number of benzene rings is 3. The predicted molar refractivity (Wildman–Crippen MR) is 161 cm³/mol. The van der Waals surface area contributed by atoms with Gasteiger partial charge in [0.05, 0.1) is 10.6 Å². The van der Waals surface area contributed by atoms with Crippen molar-refractivity contribution in [2.45, 2.75) is 50.5 Å². The Kier molecular flexibility index (Phi) is 11.9. The number of rotatable bonds is 14. The number of hydrogen-bond acceptors (Lipinski definition) is 4. The van der Waals surface area contributed by atoms with Crippen LogP contribution in [-0.2, 0) is 26.0 Å². The van der Waals surface area contributed by atoms with Crippen molar-refractivity contribution in [1.82, 2.24) is 10.2 Å². The highest BCUT2D eigenvalue weighted by Crippen LogP contribution is 2.30. The molecule has 2 amide bonds. The topological polar surface area (TPSA) is 86.8 Å². The summed E-state index contributed by atoms with van der Waals surface area (Å²) in [4.78, 5) is 28.7. The van der Waals surface area contributed by atoms with Crippen molar-refractivity contribution >= 4 is 50.7 Å². The normalized spacial score (nSPS) is 12.0. The summed E-state index contributed by atoms with van der Waals surface area (Å²) < 4.78 is 28.7. The molecule has 3 aromatic rings. The van der Waals surface area contributed by atoms with Crippen molar-refractivity contribution in [3.8, 4) is 0 Å². The first-order chi connectivity index (χ1) is 19.2. The van der Waals surface area contributed by atoms with Crippen LogP contribution in [-0.4, -0.2) is 50.8 Å². The van der Waals surface area contributed by atoms with E-state index in [9.17, 15) is 18.0 Å². The van der Waals surface area contributed by atoms with Gasteiger partial charge in [0, 0.05) is 23.1 Å². The monoisotopic (exact) mass is 603 g/mol. The molecule has 0 fully saturated rings. The third kappa shape index (κ3) is 8.46. The minimum atomic E-state index is -4.19. The Labute approximate surface area is 247 Å². The summed E-state index contributed by atoms with van der Waals surface area (Å²) in [6.07, 6.45) is 2.60. The van der Waals surface area contributed by atoms with Crippen LogP contribution in [0.25, 0.3) is 0 Å². The molecule has 214 valence electrons. The van der Waals surface area contributed by atoms with Crippen LogP contribution >= 0.6 is 23.2 Å². The highest BCUT2D eigenvalue weighted by Gasteiger charge is 2.33. The number of halogens is 2. The van der Waals surface area contributed by atoms with Crippen LogP contribution in [0, 0.1) is 0 Å². The van der Waals surface area contributed by atoms with E-state index in [1.165, 1.54) is 35.2 Å². The van der Waals surface area contributed by atoms with E-state index in [4.69, 9.17) is 23.2 Å². The van der Waals surface area contributed by atoms with E-state index in [0.717, 1.165) is 22.7 Å². The number of sulfonamides is 1. The maximum absolute atomic E-state index is 14.0. The maximum Gasteiger partial charge on any atom is 0.264 e. The van der Waals surface area contributed by atoms with Gasteiger partial charge in [-0.2, -0.15) is 0 Å². The molecule has 0 heterocycles. The number of anilines is 1. The highest BCUT2D eigenvalue weighted by atomic mass is 35.5. The fraction of sp³-hybridized carbons (Fsp3) is 0.333. The van der Waals surface area contributed by atoms with Gasteiger partial charge in [-0.3, -0.25) is 13.9 Å². The van der Waals surface area contributed by atoms with E-state index in [1.54, 1.807) is 18.2 Å². The van der Waals surface area contributed by atoms with Gasteiger partial charge < -0.3 is 10.2 Å². The summed E-state index contributed by atoms with van der Waals surface area (Å²) in [5.74, 6) is -0.773. The van der Waals surface area contributed by atoms with Crippen LogP contribution in [0.15, 0.2) is 83.8 Å². The smallest absolute Gasteiger partial charge is 0.264 e. The van der Waals surface area contributed by atoms with E-state index in [2.05, 4.69) is 5.32 Å². The molecule has 0 unspecified atom stereocenters. The third-order valence-corrected chi connectivity index (χ3v) is 8.67. The van der Waals surface area contributed by atoms with Gasteiger partial charge in [-0.15, -0.1) is 0 Å². The average molecular weight is 605 g/mol. The van der Waals surface area contributed by atoms with Crippen LogP contribution in [0.5, 0.6) is 0 Å². The molecule has 1 N–H and O–H groups in total. The number of hydrogen-bond donors (Lipinski definition) is 1. The Balaban J connectivity index is 2.00. The van der Waals surface area contributed by atoms with Gasteiger partial charge in [0.25, 0.3) is 10.0 Å². The number of carbonyl (C=O) groups is 2.